The number of hydrogen-bond donors (Lipinski definition) is 0. The minimum absolute atomic E-state index is 0.848. The lowest BCUT2D eigenvalue weighted by atomic mass is 10.1. The van der Waals surface area contributed by atoms with E-state index in [1.54, 1.807) is 21.3 Å². The SMILES string of the molecule is CCCCCCCCCCCC[N+](C)(C)Cc1ccc(CCC[Si](OC)(OC)OC)cc1. The van der Waals surface area contributed by atoms with Crippen molar-refractivity contribution in [2.45, 2.75) is 96.6 Å². The molecule has 0 aliphatic carbocycles. The second-order valence-corrected chi connectivity index (χ2v) is 13.1. The van der Waals surface area contributed by atoms with Gasteiger partial charge in [0.05, 0.1) is 20.6 Å². The van der Waals surface area contributed by atoms with Gasteiger partial charge < -0.3 is 17.8 Å². The molecular formula is C27H52NO3Si+. The van der Waals surface area contributed by atoms with Gasteiger partial charge in [-0.2, -0.15) is 0 Å². The van der Waals surface area contributed by atoms with E-state index in [9.17, 15) is 0 Å². The number of hydrogen-bond acceptors (Lipinski definition) is 3. The molecule has 1 aromatic carbocycles. The lowest BCUT2D eigenvalue weighted by Gasteiger charge is -2.30. The topological polar surface area (TPSA) is 27.7 Å². The Hall–Kier alpha value is -0.723. The quantitative estimate of drug-likeness (QED) is 0.118. The van der Waals surface area contributed by atoms with E-state index in [2.05, 4.69) is 45.3 Å². The highest BCUT2D eigenvalue weighted by molar-refractivity contribution is 6.60. The van der Waals surface area contributed by atoms with Crippen LogP contribution in [0.3, 0.4) is 0 Å². The van der Waals surface area contributed by atoms with Gasteiger partial charge in [0, 0.05) is 32.9 Å². The Morgan fingerprint density at radius 2 is 1.12 bits per heavy atom. The molecule has 0 radical (unpaired) electrons. The minimum atomic E-state index is -2.45. The summed E-state index contributed by atoms with van der Waals surface area (Å²) in [5.41, 5.74) is 2.81. The highest BCUT2D eigenvalue weighted by Crippen LogP contribution is 2.19. The average molecular weight is 467 g/mol. The molecule has 0 amide bonds. The molecule has 0 saturated heterocycles. The molecular weight excluding hydrogens is 414 g/mol. The van der Waals surface area contributed by atoms with E-state index in [1.807, 2.05) is 0 Å². The molecule has 0 heterocycles. The highest BCUT2D eigenvalue weighted by atomic mass is 28.4. The number of aryl methyl sites for hydroxylation is 1. The van der Waals surface area contributed by atoms with Crippen LogP contribution in [0.4, 0.5) is 0 Å². The highest BCUT2D eigenvalue weighted by Gasteiger charge is 2.36. The fraction of sp³-hybridized carbons (Fsp3) is 0.778. The van der Waals surface area contributed by atoms with Crippen molar-refractivity contribution < 1.29 is 17.8 Å². The Kier molecular flexibility index (Phi) is 15.4. The second kappa shape index (κ2) is 16.8. The standard InChI is InChI=1S/C27H52NO3Si/c1-7-8-9-10-11-12-13-14-15-16-23-28(2,3)25-27-21-19-26(20-22-27)18-17-24-32(29-4,30-5)31-6/h19-22H,7-18,23-25H2,1-6H3/q+1. The van der Waals surface area contributed by atoms with Crippen molar-refractivity contribution in [1.29, 1.82) is 0 Å². The molecule has 0 aliphatic heterocycles. The van der Waals surface area contributed by atoms with Crippen molar-refractivity contribution >= 4 is 8.80 Å². The van der Waals surface area contributed by atoms with E-state index in [-0.39, 0.29) is 0 Å². The zero-order chi connectivity index (χ0) is 23.7. The second-order valence-electron chi connectivity index (χ2n) is 9.96. The molecule has 0 N–H and O–H groups in total. The predicted octanol–water partition coefficient (Wildman–Crippen LogP) is 6.99. The van der Waals surface area contributed by atoms with Crippen LogP contribution in [0.15, 0.2) is 24.3 Å². The number of quaternary nitrogens is 1. The summed E-state index contributed by atoms with van der Waals surface area (Å²) in [6.07, 6.45) is 16.1. The zero-order valence-electron chi connectivity index (χ0n) is 22.1. The fourth-order valence-electron chi connectivity index (χ4n) is 4.48. The van der Waals surface area contributed by atoms with Crippen molar-refractivity contribution in [2.24, 2.45) is 0 Å². The van der Waals surface area contributed by atoms with Gasteiger partial charge in [0.1, 0.15) is 6.54 Å². The molecule has 1 rings (SSSR count). The lowest BCUT2D eigenvalue weighted by Crippen LogP contribution is -2.42. The Labute approximate surface area is 200 Å². The van der Waals surface area contributed by atoms with Crippen LogP contribution in [0.5, 0.6) is 0 Å². The van der Waals surface area contributed by atoms with Crippen LogP contribution in [0, 0.1) is 0 Å². The van der Waals surface area contributed by atoms with Gasteiger partial charge in [-0.1, -0.05) is 82.6 Å². The Bertz CT molecular complexity index is 565. The van der Waals surface area contributed by atoms with Gasteiger partial charge in [-0.3, -0.25) is 0 Å². The molecule has 186 valence electrons. The lowest BCUT2D eigenvalue weighted by molar-refractivity contribution is -0.903. The van der Waals surface area contributed by atoms with Crippen LogP contribution in [-0.2, 0) is 26.2 Å². The molecule has 32 heavy (non-hydrogen) atoms. The Morgan fingerprint density at radius 1 is 0.656 bits per heavy atom. The largest absolute Gasteiger partial charge is 0.500 e. The molecule has 0 spiro atoms. The normalized spacial score (nSPS) is 12.4. The van der Waals surface area contributed by atoms with E-state index in [0.29, 0.717) is 0 Å². The van der Waals surface area contributed by atoms with Gasteiger partial charge >= 0.3 is 8.80 Å². The zero-order valence-corrected chi connectivity index (χ0v) is 23.1. The molecule has 0 aromatic heterocycles. The van der Waals surface area contributed by atoms with E-state index < -0.39 is 8.80 Å². The van der Waals surface area contributed by atoms with Crippen LogP contribution in [0.25, 0.3) is 0 Å². The maximum atomic E-state index is 5.52. The summed E-state index contributed by atoms with van der Waals surface area (Å²) in [7, 11) is 7.34. The third kappa shape index (κ3) is 12.5. The summed E-state index contributed by atoms with van der Waals surface area (Å²) in [5, 5.41) is 0. The first-order chi connectivity index (χ1) is 15.4. The number of rotatable bonds is 20. The Balaban J connectivity index is 2.24. The third-order valence-corrected chi connectivity index (χ3v) is 9.46. The van der Waals surface area contributed by atoms with Gasteiger partial charge in [0.25, 0.3) is 0 Å². The summed E-state index contributed by atoms with van der Waals surface area (Å²) >= 11 is 0. The average Bonchev–Trinajstić information content (AvgIpc) is 2.79. The van der Waals surface area contributed by atoms with Gasteiger partial charge in [0.2, 0.25) is 0 Å². The summed E-state index contributed by atoms with van der Waals surface area (Å²) < 4.78 is 17.6. The summed E-state index contributed by atoms with van der Waals surface area (Å²) in [6, 6.07) is 10.0. The molecule has 0 atom stereocenters. The number of nitrogens with zero attached hydrogens (tertiary/aromatic N) is 1. The van der Waals surface area contributed by atoms with Gasteiger partial charge in [-0.05, 0) is 31.2 Å². The molecule has 1 aromatic rings. The maximum absolute atomic E-state index is 5.52. The predicted molar refractivity (Wildman–Crippen MR) is 139 cm³/mol. The fourth-order valence-corrected chi connectivity index (χ4v) is 6.20. The maximum Gasteiger partial charge on any atom is 0.500 e. The van der Waals surface area contributed by atoms with Crippen LogP contribution >= 0.6 is 0 Å². The minimum Gasteiger partial charge on any atom is -0.377 e. The summed E-state index contributed by atoms with van der Waals surface area (Å²) in [5.74, 6) is 0. The molecule has 0 saturated carbocycles. The molecule has 5 heteroatoms. The first kappa shape index (κ1) is 29.3. The van der Waals surface area contributed by atoms with Crippen molar-refractivity contribution in [3.8, 4) is 0 Å². The first-order valence-electron chi connectivity index (χ1n) is 13.0. The number of unbranched alkanes of at least 4 members (excludes halogenated alkanes) is 9. The molecule has 0 unspecified atom stereocenters. The molecule has 0 fully saturated rings. The van der Waals surface area contributed by atoms with Crippen LogP contribution < -0.4 is 0 Å². The van der Waals surface area contributed by atoms with Gasteiger partial charge in [0.15, 0.2) is 0 Å². The molecule has 4 nitrogen and oxygen atoms in total. The third-order valence-electron chi connectivity index (χ3n) is 6.63. The van der Waals surface area contributed by atoms with Crippen molar-refractivity contribution in [2.75, 3.05) is 42.0 Å². The van der Waals surface area contributed by atoms with Crippen LogP contribution in [-0.4, -0.2) is 55.3 Å². The first-order valence-corrected chi connectivity index (χ1v) is 14.9. The van der Waals surface area contributed by atoms with Gasteiger partial charge in [-0.15, -0.1) is 0 Å². The van der Waals surface area contributed by atoms with Crippen molar-refractivity contribution in [1.82, 2.24) is 0 Å². The van der Waals surface area contributed by atoms with E-state index in [0.717, 1.165) is 29.9 Å². The Morgan fingerprint density at radius 3 is 1.62 bits per heavy atom. The summed E-state index contributed by atoms with van der Waals surface area (Å²) in [4.78, 5) is 0. The smallest absolute Gasteiger partial charge is 0.377 e. The summed E-state index contributed by atoms with van der Waals surface area (Å²) in [6.45, 7) is 4.65. The van der Waals surface area contributed by atoms with Crippen LogP contribution in [0.1, 0.15) is 88.7 Å². The monoisotopic (exact) mass is 466 g/mol. The van der Waals surface area contributed by atoms with Crippen LogP contribution in [0.2, 0.25) is 6.04 Å². The van der Waals surface area contributed by atoms with Crippen molar-refractivity contribution in [3.05, 3.63) is 35.4 Å². The van der Waals surface area contributed by atoms with E-state index in [4.69, 9.17) is 13.3 Å². The van der Waals surface area contributed by atoms with E-state index >= 15 is 0 Å². The van der Waals surface area contributed by atoms with E-state index in [1.165, 1.54) is 81.9 Å². The van der Waals surface area contributed by atoms with Gasteiger partial charge in [-0.25, -0.2) is 0 Å². The molecule has 0 bridgehead atoms. The van der Waals surface area contributed by atoms with Crippen molar-refractivity contribution in [3.63, 3.8) is 0 Å². The number of benzene rings is 1. The molecule has 0 aliphatic rings.